The molecule has 3 rings (SSSR count). The Labute approximate surface area is 156 Å². The lowest BCUT2D eigenvalue weighted by Gasteiger charge is -2.36. The fraction of sp³-hybridized carbons (Fsp3) is 0.450. The van der Waals surface area contributed by atoms with Crippen LogP contribution in [0.5, 0.6) is 0 Å². The number of hydrogen-bond donors (Lipinski definition) is 1. The van der Waals surface area contributed by atoms with Gasteiger partial charge in [-0.15, -0.1) is 0 Å². The van der Waals surface area contributed by atoms with Crippen LogP contribution in [0.3, 0.4) is 0 Å². The Hall–Kier alpha value is -2.08. The number of pyridine rings is 1. The van der Waals surface area contributed by atoms with Crippen LogP contribution in [0.25, 0.3) is 0 Å². The highest BCUT2D eigenvalue weighted by molar-refractivity contribution is 7.92. The molecule has 26 heavy (non-hydrogen) atoms. The molecule has 5 nitrogen and oxygen atoms in total. The first-order chi connectivity index (χ1) is 12.5. The summed E-state index contributed by atoms with van der Waals surface area (Å²) in [6.07, 6.45) is 7.23. The number of hydrogen-bond acceptors (Lipinski definition) is 4. The van der Waals surface area contributed by atoms with Crippen LogP contribution in [0.1, 0.15) is 45.1 Å². The molecule has 1 unspecified atom stereocenters. The average Bonchev–Trinajstić information content (AvgIpc) is 2.68. The molecule has 1 aromatic heterocycles. The molecule has 1 aliphatic heterocycles. The smallest absolute Gasteiger partial charge is 0.261 e. The van der Waals surface area contributed by atoms with E-state index in [1.807, 2.05) is 25.1 Å². The van der Waals surface area contributed by atoms with Crippen molar-refractivity contribution in [2.24, 2.45) is 0 Å². The Kier molecular flexibility index (Phi) is 5.81. The molecule has 1 N–H and O–H groups in total. The van der Waals surface area contributed by atoms with Gasteiger partial charge in [-0.05, 0) is 61.9 Å². The van der Waals surface area contributed by atoms with Crippen LogP contribution in [-0.2, 0) is 16.4 Å². The Morgan fingerprint density at radius 3 is 2.50 bits per heavy atom. The summed E-state index contributed by atoms with van der Waals surface area (Å²) in [5, 5.41) is 0. The molecule has 0 spiro atoms. The van der Waals surface area contributed by atoms with Crippen LogP contribution >= 0.6 is 0 Å². The van der Waals surface area contributed by atoms with Crippen molar-refractivity contribution in [2.45, 2.75) is 56.9 Å². The minimum absolute atomic E-state index is 0.265. The summed E-state index contributed by atoms with van der Waals surface area (Å²) in [5.74, 6) is 0.923. The molecule has 1 saturated heterocycles. The first kappa shape index (κ1) is 18.7. The summed E-state index contributed by atoms with van der Waals surface area (Å²) in [7, 11) is -3.60. The molecular formula is C20H27N3O2S. The predicted molar refractivity (Wildman–Crippen MR) is 106 cm³/mol. The Morgan fingerprint density at radius 2 is 1.88 bits per heavy atom. The van der Waals surface area contributed by atoms with Gasteiger partial charge in [0.1, 0.15) is 5.82 Å². The lowest BCUT2D eigenvalue weighted by molar-refractivity contribution is 0.447. The van der Waals surface area contributed by atoms with E-state index in [4.69, 9.17) is 0 Å². The van der Waals surface area contributed by atoms with Gasteiger partial charge in [-0.25, -0.2) is 13.4 Å². The van der Waals surface area contributed by atoms with Crippen molar-refractivity contribution in [2.75, 3.05) is 16.2 Å². The number of nitrogens with one attached hydrogen (secondary N) is 1. The zero-order valence-electron chi connectivity index (χ0n) is 15.5. The van der Waals surface area contributed by atoms with Crippen LogP contribution in [0.4, 0.5) is 11.5 Å². The van der Waals surface area contributed by atoms with E-state index in [9.17, 15) is 8.42 Å². The lowest BCUT2D eigenvalue weighted by atomic mass is 10.00. The summed E-state index contributed by atoms with van der Waals surface area (Å²) >= 11 is 0. The van der Waals surface area contributed by atoms with Crippen molar-refractivity contribution in [1.29, 1.82) is 0 Å². The third kappa shape index (κ3) is 4.18. The molecule has 1 aliphatic rings. The first-order valence-electron chi connectivity index (χ1n) is 9.38. The summed E-state index contributed by atoms with van der Waals surface area (Å²) in [6, 6.07) is 11.2. The topological polar surface area (TPSA) is 62.3 Å². The second-order valence-electron chi connectivity index (χ2n) is 6.76. The van der Waals surface area contributed by atoms with Gasteiger partial charge in [-0.2, -0.15) is 0 Å². The minimum Gasteiger partial charge on any atom is -0.354 e. The monoisotopic (exact) mass is 373 g/mol. The van der Waals surface area contributed by atoms with Gasteiger partial charge in [-0.3, -0.25) is 4.72 Å². The number of nitrogens with zero attached hydrogens (tertiary/aromatic N) is 2. The number of benzene rings is 1. The quantitative estimate of drug-likeness (QED) is 0.824. The molecule has 0 saturated carbocycles. The number of rotatable bonds is 6. The van der Waals surface area contributed by atoms with Gasteiger partial charge >= 0.3 is 0 Å². The van der Waals surface area contributed by atoms with E-state index in [-0.39, 0.29) is 4.90 Å². The molecule has 0 aliphatic carbocycles. The van der Waals surface area contributed by atoms with Crippen LogP contribution in [0, 0.1) is 0 Å². The number of piperidine rings is 1. The molecular weight excluding hydrogens is 346 g/mol. The molecule has 0 bridgehead atoms. The number of anilines is 2. The highest BCUT2D eigenvalue weighted by atomic mass is 32.2. The Morgan fingerprint density at radius 1 is 1.12 bits per heavy atom. The van der Waals surface area contributed by atoms with Gasteiger partial charge in [0.05, 0.1) is 16.8 Å². The Bertz CT molecular complexity index is 817. The highest BCUT2D eigenvalue weighted by Crippen LogP contribution is 2.26. The lowest BCUT2D eigenvalue weighted by Crippen LogP contribution is -2.39. The third-order valence-electron chi connectivity index (χ3n) is 5.03. The maximum atomic E-state index is 12.5. The molecule has 140 valence electrons. The van der Waals surface area contributed by atoms with Crippen molar-refractivity contribution in [3.05, 3.63) is 48.2 Å². The molecule has 2 aromatic rings. The van der Waals surface area contributed by atoms with Gasteiger partial charge in [0.25, 0.3) is 10.0 Å². The zero-order valence-corrected chi connectivity index (χ0v) is 16.3. The van der Waals surface area contributed by atoms with E-state index in [1.54, 1.807) is 24.4 Å². The van der Waals surface area contributed by atoms with E-state index in [1.165, 1.54) is 19.3 Å². The van der Waals surface area contributed by atoms with Gasteiger partial charge < -0.3 is 4.90 Å². The predicted octanol–water partition coefficient (Wildman–Crippen LogP) is 4.21. The maximum Gasteiger partial charge on any atom is 0.261 e. The first-order valence-corrected chi connectivity index (χ1v) is 10.9. The van der Waals surface area contributed by atoms with Crippen molar-refractivity contribution in [1.82, 2.24) is 4.98 Å². The molecule has 1 fully saturated rings. The molecule has 0 amide bonds. The van der Waals surface area contributed by atoms with Crippen molar-refractivity contribution >= 4 is 21.5 Å². The average molecular weight is 374 g/mol. The van der Waals surface area contributed by atoms with Crippen molar-refractivity contribution < 1.29 is 8.42 Å². The SMILES string of the molecule is CCc1ccc(S(=O)(=O)Nc2ccc(N3CCCCC3CC)nc2)cc1. The second-order valence-corrected chi connectivity index (χ2v) is 8.44. The van der Waals surface area contributed by atoms with Crippen LogP contribution in [0.2, 0.25) is 0 Å². The third-order valence-corrected chi connectivity index (χ3v) is 6.43. The van der Waals surface area contributed by atoms with E-state index in [0.717, 1.165) is 30.8 Å². The molecule has 6 heteroatoms. The molecule has 1 atom stereocenters. The highest BCUT2D eigenvalue weighted by Gasteiger charge is 2.22. The number of sulfonamides is 1. The van der Waals surface area contributed by atoms with Gasteiger partial charge in [0.15, 0.2) is 0 Å². The summed E-state index contributed by atoms with van der Waals surface area (Å²) in [6.45, 7) is 5.26. The fourth-order valence-electron chi connectivity index (χ4n) is 3.46. The molecule has 2 heterocycles. The summed E-state index contributed by atoms with van der Waals surface area (Å²) in [5.41, 5.74) is 1.60. The summed E-state index contributed by atoms with van der Waals surface area (Å²) < 4.78 is 27.7. The molecule has 1 aromatic carbocycles. The van der Waals surface area contributed by atoms with E-state index >= 15 is 0 Å². The zero-order chi connectivity index (χ0) is 18.6. The second kappa shape index (κ2) is 8.08. The Balaban J connectivity index is 1.73. The number of aromatic nitrogens is 1. The van der Waals surface area contributed by atoms with Gasteiger partial charge in [-0.1, -0.05) is 26.0 Å². The fourth-order valence-corrected chi connectivity index (χ4v) is 4.50. The maximum absolute atomic E-state index is 12.5. The van der Waals surface area contributed by atoms with Crippen molar-refractivity contribution in [3.8, 4) is 0 Å². The van der Waals surface area contributed by atoms with Crippen LogP contribution in [-0.4, -0.2) is 26.0 Å². The van der Waals surface area contributed by atoms with Crippen molar-refractivity contribution in [3.63, 3.8) is 0 Å². The van der Waals surface area contributed by atoms with Gasteiger partial charge in [0, 0.05) is 12.6 Å². The van der Waals surface area contributed by atoms with E-state index in [2.05, 4.69) is 21.5 Å². The normalized spacial score (nSPS) is 17.9. The van der Waals surface area contributed by atoms with Crippen LogP contribution in [0.15, 0.2) is 47.5 Å². The largest absolute Gasteiger partial charge is 0.354 e. The van der Waals surface area contributed by atoms with E-state index < -0.39 is 10.0 Å². The molecule has 0 radical (unpaired) electrons. The van der Waals surface area contributed by atoms with Crippen LogP contribution < -0.4 is 9.62 Å². The summed E-state index contributed by atoms with van der Waals surface area (Å²) in [4.78, 5) is 7.11. The van der Waals surface area contributed by atoms with E-state index in [0.29, 0.717) is 11.7 Å². The standard InChI is InChI=1S/C20H27N3O2S/c1-3-16-8-11-19(12-9-16)26(24,25)22-17-10-13-20(21-15-17)23-14-6-5-7-18(23)4-2/h8-13,15,18,22H,3-7,14H2,1-2H3. The minimum atomic E-state index is -3.60. The number of aryl methyl sites for hydroxylation is 1. The van der Waals surface area contributed by atoms with Gasteiger partial charge in [0.2, 0.25) is 0 Å².